The van der Waals surface area contributed by atoms with Crippen LogP contribution < -0.4 is 0 Å². The Morgan fingerprint density at radius 2 is 2.00 bits per heavy atom. The smallest absolute Gasteiger partial charge is 0.107 e. The average molecular weight is 127 g/mol. The second-order valence-electron chi connectivity index (χ2n) is 1.26. The van der Waals surface area contributed by atoms with Gasteiger partial charge < -0.3 is 9.64 Å². The highest BCUT2D eigenvalue weighted by molar-refractivity contribution is 7.78. The normalized spacial score (nSPS) is 15.8. The van der Waals surface area contributed by atoms with Crippen molar-refractivity contribution in [3.63, 3.8) is 0 Å². The fourth-order valence-corrected chi connectivity index (χ4v) is 0.517. The summed E-state index contributed by atoms with van der Waals surface area (Å²) in [6.07, 6.45) is 6.58. The van der Waals surface area contributed by atoms with Gasteiger partial charge in [0.15, 0.2) is 0 Å². The molecule has 1 heterocycles. The van der Waals surface area contributed by atoms with E-state index in [1.807, 2.05) is 0 Å². The number of rotatable bonds is 1. The van der Waals surface area contributed by atoms with Crippen LogP contribution in [0.4, 0.5) is 0 Å². The van der Waals surface area contributed by atoms with Gasteiger partial charge in [0.25, 0.3) is 0 Å². The molecule has 0 saturated carbocycles. The van der Waals surface area contributed by atoms with Gasteiger partial charge in [0.2, 0.25) is 0 Å². The zero-order chi connectivity index (χ0) is 5.82. The summed E-state index contributed by atoms with van der Waals surface area (Å²) in [6, 6.07) is 0. The molecule has 1 aliphatic rings. The van der Waals surface area contributed by atoms with Crippen molar-refractivity contribution in [1.29, 1.82) is 0 Å². The van der Waals surface area contributed by atoms with Crippen molar-refractivity contribution in [3.8, 4) is 0 Å². The Labute approximate surface area is 53.0 Å². The fourth-order valence-electron chi connectivity index (χ4n) is 0.376. The van der Waals surface area contributed by atoms with Crippen molar-refractivity contribution < 1.29 is 4.74 Å². The molecule has 2 nitrogen and oxygen atoms in total. The van der Waals surface area contributed by atoms with E-state index in [1.165, 1.54) is 5.49 Å². The molecule has 0 atom stereocenters. The molecule has 0 N–H and O–H groups in total. The first-order valence-electron chi connectivity index (χ1n) is 2.15. The fraction of sp³-hybridized carbons (Fsp3) is 0. The van der Waals surface area contributed by atoms with E-state index in [2.05, 4.69) is 12.2 Å². The Hall–Kier alpha value is -0.830. The second-order valence-corrected chi connectivity index (χ2v) is 1.47. The molecule has 0 fully saturated rings. The molecular formula is C5H5NOS. The topological polar surface area (TPSA) is 12.5 Å². The summed E-state index contributed by atoms with van der Waals surface area (Å²) in [5.41, 5.74) is 1.52. The highest BCUT2D eigenvalue weighted by atomic mass is 32.1. The summed E-state index contributed by atoms with van der Waals surface area (Å²) in [6.45, 7) is 0. The molecule has 0 aromatic heterocycles. The Bertz CT molecular complexity index is 129. The molecule has 0 saturated heterocycles. The van der Waals surface area contributed by atoms with Crippen LogP contribution in [-0.4, -0.2) is 10.4 Å². The van der Waals surface area contributed by atoms with Gasteiger partial charge in [0.1, 0.15) is 12.5 Å². The standard InChI is InChI=1S/C5H5NOS/c8-5-6-1-3-7-4-2-6/h1-5H. The summed E-state index contributed by atoms with van der Waals surface area (Å²) in [5, 5.41) is 0. The Balaban J connectivity index is 2.54. The average Bonchev–Trinajstić information content (AvgIpc) is 1.90. The van der Waals surface area contributed by atoms with Gasteiger partial charge in [-0.1, -0.05) is 12.2 Å². The molecule has 0 aromatic carbocycles. The highest BCUT2D eigenvalue weighted by Gasteiger charge is 1.88. The zero-order valence-corrected chi connectivity index (χ0v) is 4.97. The minimum atomic E-state index is 1.52. The third kappa shape index (κ3) is 1.07. The monoisotopic (exact) mass is 127 g/mol. The van der Waals surface area contributed by atoms with Crippen LogP contribution >= 0.6 is 12.2 Å². The Morgan fingerprint density at radius 3 is 2.38 bits per heavy atom. The van der Waals surface area contributed by atoms with Gasteiger partial charge in [0.05, 0.1) is 5.49 Å². The molecule has 0 radical (unpaired) electrons. The van der Waals surface area contributed by atoms with Gasteiger partial charge >= 0.3 is 0 Å². The van der Waals surface area contributed by atoms with Crippen molar-refractivity contribution in [2.45, 2.75) is 0 Å². The van der Waals surface area contributed by atoms with Gasteiger partial charge in [0, 0.05) is 12.4 Å². The first kappa shape index (κ1) is 5.31. The maximum absolute atomic E-state index is 4.73. The maximum atomic E-state index is 4.73. The van der Waals surface area contributed by atoms with Crippen molar-refractivity contribution in [2.75, 3.05) is 0 Å². The van der Waals surface area contributed by atoms with E-state index in [-0.39, 0.29) is 0 Å². The Morgan fingerprint density at radius 1 is 1.38 bits per heavy atom. The number of thiocarbonyl (C=S) groups is 1. The predicted molar refractivity (Wildman–Crippen MR) is 34.9 cm³/mol. The van der Waals surface area contributed by atoms with E-state index in [0.717, 1.165) is 0 Å². The second kappa shape index (κ2) is 2.47. The minimum Gasteiger partial charge on any atom is -0.470 e. The van der Waals surface area contributed by atoms with Crippen molar-refractivity contribution in [3.05, 3.63) is 24.9 Å². The van der Waals surface area contributed by atoms with E-state index in [4.69, 9.17) is 4.74 Å². The first-order chi connectivity index (χ1) is 3.93. The van der Waals surface area contributed by atoms with Crippen LogP contribution in [0.5, 0.6) is 0 Å². The van der Waals surface area contributed by atoms with E-state index in [0.29, 0.717) is 0 Å². The van der Waals surface area contributed by atoms with Gasteiger partial charge in [-0.25, -0.2) is 0 Å². The molecule has 1 rings (SSSR count). The lowest BCUT2D eigenvalue weighted by Crippen LogP contribution is -2.06. The molecule has 8 heavy (non-hydrogen) atoms. The van der Waals surface area contributed by atoms with Gasteiger partial charge in [-0.3, -0.25) is 0 Å². The van der Waals surface area contributed by atoms with Crippen molar-refractivity contribution >= 4 is 17.7 Å². The van der Waals surface area contributed by atoms with Crippen LogP contribution in [0.25, 0.3) is 0 Å². The number of hydrogen-bond acceptors (Lipinski definition) is 2. The first-order valence-corrected chi connectivity index (χ1v) is 2.62. The summed E-state index contributed by atoms with van der Waals surface area (Å²) in [7, 11) is 0. The summed E-state index contributed by atoms with van der Waals surface area (Å²) in [4.78, 5) is 1.72. The van der Waals surface area contributed by atoms with Crippen molar-refractivity contribution in [1.82, 2.24) is 4.90 Å². The summed E-state index contributed by atoms with van der Waals surface area (Å²) in [5.74, 6) is 0. The number of hydrogen-bond donors (Lipinski definition) is 0. The molecule has 0 unspecified atom stereocenters. The predicted octanol–water partition coefficient (Wildman–Crippen LogP) is 1.22. The lowest BCUT2D eigenvalue weighted by atomic mass is 10.7. The lowest BCUT2D eigenvalue weighted by molar-refractivity contribution is 0.374. The van der Waals surface area contributed by atoms with Crippen LogP contribution in [0.3, 0.4) is 0 Å². The van der Waals surface area contributed by atoms with E-state index in [1.54, 1.807) is 29.8 Å². The van der Waals surface area contributed by atoms with E-state index in [9.17, 15) is 0 Å². The zero-order valence-electron chi connectivity index (χ0n) is 4.15. The van der Waals surface area contributed by atoms with Gasteiger partial charge in [-0.05, 0) is 0 Å². The third-order valence-electron chi connectivity index (χ3n) is 0.745. The quantitative estimate of drug-likeness (QED) is 0.491. The molecule has 0 amide bonds. The van der Waals surface area contributed by atoms with Crippen LogP contribution in [0, 0.1) is 0 Å². The molecular weight excluding hydrogens is 122 g/mol. The van der Waals surface area contributed by atoms with Crippen LogP contribution in [-0.2, 0) is 4.74 Å². The van der Waals surface area contributed by atoms with Crippen LogP contribution in [0.2, 0.25) is 0 Å². The van der Waals surface area contributed by atoms with Crippen LogP contribution in [0.1, 0.15) is 0 Å². The van der Waals surface area contributed by atoms with E-state index < -0.39 is 0 Å². The molecule has 3 heteroatoms. The van der Waals surface area contributed by atoms with Gasteiger partial charge in [-0.2, -0.15) is 0 Å². The Kier molecular flexibility index (Phi) is 1.64. The summed E-state index contributed by atoms with van der Waals surface area (Å²) >= 11 is 4.61. The van der Waals surface area contributed by atoms with Gasteiger partial charge in [-0.15, -0.1) is 0 Å². The largest absolute Gasteiger partial charge is 0.470 e. The number of nitrogens with zero attached hydrogens (tertiary/aromatic N) is 1. The maximum Gasteiger partial charge on any atom is 0.107 e. The lowest BCUT2D eigenvalue weighted by Gasteiger charge is -2.08. The highest BCUT2D eigenvalue weighted by Crippen LogP contribution is 1.95. The summed E-state index contributed by atoms with van der Waals surface area (Å²) < 4.78 is 4.73. The van der Waals surface area contributed by atoms with Crippen molar-refractivity contribution in [2.24, 2.45) is 0 Å². The SMILES string of the molecule is S=CN1C=COC=C1. The van der Waals surface area contributed by atoms with Crippen LogP contribution in [0.15, 0.2) is 24.9 Å². The molecule has 0 aromatic rings. The number of ether oxygens (including phenoxy) is 1. The molecule has 42 valence electrons. The third-order valence-corrected chi connectivity index (χ3v) is 0.988. The van der Waals surface area contributed by atoms with E-state index >= 15 is 0 Å². The molecule has 0 aliphatic carbocycles. The molecule has 0 bridgehead atoms. The molecule has 0 spiro atoms. The minimum absolute atomic E-state index is 1.52. The molecule has 1 aliphatic heterocycles.